The fourth-order valence-corrected chi connectivity index (χ4v) is 2.42. The molecular formula is C14H16N2O2S. The van der Waals surface area contributed by atoms with Crippen molar-refractivity contribution in [3.8, 4) is 0 Å². The van der Waals surface area contributed by atoms with E-state index in [9.17, 15) is 4.79 Å². The molecule has 1 atom stereocenters. The van der Waals surface area contributed by atoms with Crippen LogP contribution in [0, 0.1) is 0 Å². The van der Waals surface area contributed by atoms with Crippen molar-refractivity contribution in [3.05, 3.63) is 47.0 Å². The Hall–Kier alpha value is -1.88. The molecule has 5 heteroatoms. The zero-order valence-corrected chi connectivity index (χ0v) is 11.7. The summed E-state index contributed by atoms with van der Waals surface area (Å²) in [6, 6.07) is 10.2. The Balaban J connectivity index is 2.02. The fourth-order valence-electron chi connectivity index (χ4n) is 1.65. The third-order valence-electron chi connectivity index (χ3n) is 2.63. The number of aromatic nitrogens is 1. The topological polar surface area (TPSA) is 51.2 Å². The molecule has 0 spiro atoms. The van der Waals surface area contributed by atoms with Crippen LogP contribution in [0.2, 0.25) is 0 Å². The molecule has 0 fully saturated rings. The molecule has 0 saturated heterocycles. The van der Waals surface area contributed by atoms with Crippen molar-refractivity contribution in [2.24, 2.45) is 0 Å². The molecule has 1 aromatic heterocycles. The number of ether oxygens (including phenoxy) is 1. The lowest BCUT2D eigenvalue weighted by Gasteiger charge is -2.12. The summed E-state index contributed by atoms with van der Waals surface area (Å²) in [4.78, 5) is 15.7. The van der Waals surface area contributed by atoms with E-state index in [2.05, 4.69) is 29.4 Å². The molecule has 4 nitrogen and oxygen atoms in total. The van der Waals surface area contributed by atoms with Crippen LogP contribution in [0.25, 0.3) is 0 Å². The fraction of sp³-hybridized carbons (Fsp3) is 0.286. The largest absolute Gasteiger partial charge is 0.461 e. The summed E-state index contributed by atoms with van der Waals surface area (Å²) < 4.78 is 4.91. The van der Waals surface area contributed by atoms with Gasteiger partial charge in [0.05, 0.1) is 12.6 Å². The molecule has 1 heterocycles. The number of hydrogen-bond acceptors (Lipinski definition) is 5. The molecule has 1 aromatic carbocycles. The highest BCUT2D eigenvalue weighted by atomic mass is 32.1. The summed E-state index contributed by atoms with van der Waals surface area (Å²) in [5.41, 5.74) is 1.53. The van der Waals surface area contributed by atoms with Crippen LogP contribution < -0.4 is 5.32 Å². The SMILES string of the molecule is CCOC(=O)c1csc(NC(C)c2ccccc2)n1. The van der Waals surface area contributed by atoms with Crippen molar-refractivity contribution >= 4 is 22.4 Å². The second kappa shape index (κ2) is 6.33. The van der Waals surface area contributed by atoms with E-state index in [-0.39, 0.29) is 12.0 Å². The smallest absolute Gasteiger partial charge is 0.357 e. The molecule has 0 aliphatic carbocycles. The normalized spacial score (nSPS) is 11.9. The van der Waals surface area contributed by atoms with Gasteiger partial charge in [0.1, 0.15) is 0 Å². The minimum Gasteiger partial charge on any atom is -0.461 e. The minimum absolute atomic E-state index is 0.141. The Kier molecular flexibility index (Phi) is 4.52. The summed E-state index contributed by atoms with van der Waals surface area (Å²) in [5.74, 6) is -0.376. The summed E-state index contributed by atoms with van der Waals surface area (Å²) in [5, 5.41) is 5.70. The molecule has 0 saturated carbocycles. The first-order valence-electron chi connectivity index (χ1n) is 6.15. The first-order valence-corrected chi connectivity index (χ1v) is 7.02. The van der Waals surface area contributed by atoms with Crippen LogP contribution in [0.15, 0.2) is 35.7 Å². The van der Waals surface area contributed by atoms with Crippen LogP contribution in [0.5, 0.6) is 0 Å². The van der Waals surface area contributed by atoms with Crippen LogP contribution in [-0.2, 0) is 4.74 Å². The number of thiazole rings is 1. The molecule has 19 heavy (non-hydrogen) atoms. The molecule has 0 amide bonds. The summed E-state index contributed by atoms with van der Waals surface area (Å²) in [6.07, 6.45) is 0. The standard InChI is InChI=1S/C14H16N2O2S/c1-3-18-13(17)12-9-19-14(16-12)15-10(2)11-7-5-4-6-8-11/h4-10H,3H2,1-2H3,(H,15,16). The lowest BCUT2D eigenvalue weighted by atomic mass is 10.1. The van der Waals surface area contributed by atoms with E-state index in [0.29, 0.717) is 12.3 Å². The maximum atomic E-state index is 11.5. The van der Waals surface area contributed by atoms with Gasteiger partial charge in [0.15, 0.2) is 10.8 Å². The van der Waals surface area contributed by atoms with Gasteiger partial charge >= 0.3 is 5.97 Å². The summed E-state index contributed by atoms with van der Waals surface area (Å²) >= 11 is 1.40. The van der Waals surface area contributed by atoms with Gasteiger partial charge in [-0.05, 0) is 19.4 Å². The number of carbonyl (C=O) groups is 1. The van der Waals surface area contributed by atoms with Crippen molar-refractivity contribution in [2.45, 2.75) is 19.9 Å². The van der Waals surface area contributed by atoms with Gasteiger partial charge in [-0.3, -0.25) is 0 Å². The Morgan fingerprint density at radius 1 is 1.42 bits per heavy atom. The molecule has 1 unspecified atom stereocenters. The van der Waals surface area contributed by atoms with Gasteiger partial charge in [-0.2, -0.15) is 0 Å². The van der Waals surface area contributed by atoms with E-state index in [1.54, 1.807) is 12.3 Å². The van der Waals surface area contributed by atoms with Gasteiger partial charge in [-0.15, -0.1) is 11.3 Å². The second-order valence-corrected chi connectivity index (χ2v) is 4.89. The van der Waals surface area contributed by atoms with Crippen molar-refractivity contribution in [2.75, 3.05) is 11.9 Å². The van der Waals surface area contributed by atoms with Crippen molar-refractivity contribution in [3.63, 3.8) is 0 Å². The molecule has 2 aromatic rings. The van der Waals surface area contributed by atoms with Gasteiger partial charge in [-0.1, -0.05) is 30.3 Å². The monoisotopic (exact) mass is 276 g/mol. The van der Waals surface area contributed by atoms with Gasteiger partial charge < -0.3 is 10.1 Å². The van der Waals surface area contributed by atoms with E-state index in [4.69, 9.17) is 4.74 Å². The third-order valence-corrected chi connectivity index (χ3v) is 3.40. The van der Waals surface area contributed by atoms with Crippen LogP contribution in [0.3, 0.4) is 0 Å². The number of nitrogens with one attached hydrogen (secondary N) is 1. The Morgan fingerprint density at radius 2 is 2.16 bits per heavy atom. The molecule has 1 N–H and O–H groups in total. The first kappa shape index (κ1) is 13.5. The molecule has 0 bridgehead atoms. The van der Waals surface area contributed by atoms with E-state index in [1.165, 1.54) is 16.9 Å². The highest BCUT2D eigenvalue weighted by Crippen LogP contribution is 2.22. The second-order valence-electron chi connectivity index (χ2n) is 4.04. The number of esters is 1. The van der Waals surface area contributed by atoms with Crippen LogP contribution in [0.1, 0.15) is 35.9 Å². The van der Waals surface area contributed by atoms with Gasteiger partial charge in [0.2, 0.25) is 0 Å². The van der Waals surface area contributed by atoms with E-state index in [0.717, 1.165) is 5.13 Å². The van der Waals surface area contributed by atoms with E-state index < -0.39 is 0 Å². The lowest BCUT2D eigenvalue weighted by Crippen LogP contribution is -2.08. The highest BCUT2D eigenvalue weighted by molar-refractivity contribution is 7.13. The summed E-state index contributed by atoms with van der Waals surface area (Å²) in [7, 11) is 0. The van der Waals surface area contributed by atoms with Crippen molar-refractivity contribution in [1.29, 1.82) is 0 Å². The number of carbonyl (C=O) groups excluding carboxylic acids is 1. The number of rotatable bonds is 5. The highest BCUT2D eigenvalue weighted by Gasteiger charge is 2.13. The Labute approximate surface area is 116 Å². The molecule has 0 radical (unpaired) electrons. The number of benzene rings is 1. The van der Waals surface area contributed by atoms with Gasteiger partial charge in [0.25, 0.3) is 0 Å². The lowest BCUT2D eigenvalue weighted by molar-refractivity contribution is 0.0520. The quantitative estimate of drug-likeness (QED) is 0.849. The van der Waals surface area contributed by atoms with Gasteiger partial charge in [-0.25, -0.2) is 9.78 Å². The minimum atomic E-state index is -0.376. The maximum absolute atomic E-state index is 11.5. The average Bonchev–Trinajstić information content (AvgIpc) is 2.88. The molecule has 100 valence electrons. The van der Waals surface area contributed by atoms with Crippen LogP contribution in [0.4, 0.5) is 5.13 Å². The number of nitrogens with zero attached hydrogens (tertiary/aromatic N) is 1. The number of anilines is 1. The predicted octanol–water partition coefficient (Wildman–Crippen LogP) is 3.49. The first-order chi connectivity index (χ1) is 9.20. The molecule has 2 rings (SSSR count). The van der Waals surface area contributed by atoms with Crippen molar-refractivity contribution in [1.82, 2.24) is 4.98 Å². The average molecular weight is 276 g/mol. The van der Waals surface area contributed by atoms with Gasteiger partial charge in [0, 0.05) is 5.38 Å². The van der Waals surface area contributed by atoms with E-state index >= 15 is 0 Å². The maximum Gasteiger partial charge on any atom is 0.357 e. The molecule has 0 aliphatic rings. The number of hydrogen-bond donors (Lipinski definition) is 1. The molecule has 0 aliphatic heterocycles. The van der Waals surface area contributed by atoms with Crippen molar-refractivity contribution < 1.29 is 9.53 Å². The zero-order chi connectivity index (χ0) is 13.7. The Morgan fingerprint density at radius 3 is 2.84 bits per heavy atom. The van der Waals surface area contributed by atoms with Crippen LogP contribution >= 0.6 is 11.3 Å². The van der Waals surface area contributed by atoms with E-state index in [1.807, 2.05) is 18.2 Å². The van der Waals surface area contributed by atoms with Crippen LogP contribution in [-0.4, -0.2) is 17.6 Å². The third kappa shape index (κ3) is 3.54. The summed E-state index contributed by atoms with van der Waals surface area (Å²) in [6.45, 7) is 4.20. The predicted molar refractivity (Wildman–Crippen MR) is 76.6 cm³/mol. The zero-order valence-electron chi connectivity index (χ0n) is 10.9. The Bertz CT molecular complexity index is 539. The molecular weight excluding hydrogens is 260 g/mol.